The predicted molar refractivity (Wildman–Crippen MR) is 115 cm³/mol. The first kappa shape index (κ1) is 22.9. The van der Waals surface area contributed by atoms with Crippen molar-refractivity contribution in [2.45, 2.75) is 30.2 Å². The molecule has 4 amide bonds. The molecule has 0 aliphatic carbocycles. The third-order valence-corrected chi connectivity index (χ3v) is 7.95. The SMILES string of the molecule is CC1(c2ccccc2)NC(=O)N(NC(=O)C2CCN(S(=O)(=O)c3ccc(F)cc3)CC2)C1=O. The molecule has 0 radical (unpaired) electrons. The highest BCUT2D eigenvalue weighted by molar-refractivity contribution is 7.89. The zero-order chi connectivity index (χ0) is 23.8. The number of benzene rings is 2. The van der Waals surface area contributed by atoms with Gasteiger partial charge in [-0.2, -0.15) is 9.31 Å². The molecule has 0 spiro atoms. The predicted octanol–water partition coefficient (Wildman–Crippen LogP) is 1.72. The van der Waals surface area contributed by atoms with E-state index in [9.17, 15) is 27.2 Å². The highest BCUT2D eigenvalue weighted by atomic mass is 32.2. The number of hydrazine groups is 1. The summed E-state index contributed by atoms with van der Waals surface area (Å²) >= 11 is 0. The molecule has 11 heteroatoms. The molecular weight excluding hydrogens is 451 g/mol. The fraction of sp³-hybridized carbons (Fsp3) is 0.318. The number of carbonyl (C=O) groups excluding carboxylic acids is 3. The summed E-state index contributed by atoms with van der Waals surface area (Å²) in [7, 11) is -3.81. The van der Waals surface area contributed by atoms with Gasteiger partial charge in [0.25, 0.3) is 5.91 Å². The average Bonchev–Trinajstić information content (AvgIpc) is 3.04. The van der Waals surface area contributed by atoms with E-state index in [2.05, 4.69) is 10.7 Å². The number of nitrogens with one attached hydrogen (secondary N) is 2. The lowest BCUT2D eigenvalue weighted by Gasteiger charge is -2.31. The third-order valence-electron chi connectivity index (χ3n) is 6.04. The number of hydrogen-bond donors (Lipinski definition) is 2. The lowest BCUT2D eigenvalue weighted by molar-refractivity contribution is -0.141. The number of halogens is 1. The van der Waals surface area contributed by atoms with Gasteiger partial charge < -0.3 is 5.32 Å². The minimum atomic E-state index is -3.81. The van der Waals surface area contributed by atoms with Crippen LogP contribution < -0.4 is 10.7 Å². The lowest BCUT2D eigenvalue weighted by Crippen LogP contribution is -2.51. The van der Waals surface area contributed by atoms with E-state index >= 15 is 0 Å². The summed E-state index contributed by atoms with van der Waals surface area (Å²) in [5.74, 6) is -2.25. The van der Waals surface area contributed by atoms with Crippen LogP contribution in [0.2, 0.25) is 0 Å². The fourth-order valence-corrected chi connectivity index (χ4v) is 5.49. The van der Waals surface area contributed by atoms with Gasteiger partial charge in [-0.25, -0.2) is 17.6 Å². The Morgan fingerprint density at radius 1 is 1.06 bits per heavy atom. The van der Waals surface area contributed by atoms with Crippen LogP contribution in [0.4, 0.5) is 9.18 Å². The molecule has 1 atom stereocenters. The van der Waals surface area contributed by atoms with E-state index in [1.165, 1.54) is 16.4 Å². The maximum atomic E-state index is 13.1. The molecule has 0 aromatic heterocycles. The Morgan fingerprint density at radius 3 is 2.27 bits per heavy atom. The van der Waals surface area contributed by atoms with Crippen LogP contribution in [0.5, 0.6) is 0 Å². The summed E-state index contributed by atoms with van der Waals surface area (Å²) in [6, 6.07) is 12.5. The topological polar surface area (TPSA) is 116 Å². The van der Waals surface area contributed by atoms with Gasteiger partial charge in [0.1, 0.15) is 11.4 Å². The Hall–Kier alpha value is -3.31. The molecule has 0 saturated carbocycles. The van der Waals surface area contributed by atoms with Crippen molar-refractivity contribution in [3.63, 3.8) is 0 Å². The Labute approximate surface area is 190 Å². The van der Waals surface area contributed by atoms with Crippen molar-refractivity contribution in [3.05, 3.63) is 66.0 Å². The number of hydrogen-bond acceptors (Lipinski definition) is 5. The zero-order valence-corrected chi connectivity index (χ0v) is 18.6. The van der Waals surface area contributed by atoms with E-state index in [1.807, 2.05) is 0 Å². The molecule has 2 heterocycles. The van der Waals surface area contributed by atoms with E-state index in [0.717, 1.165) is 12.1 Å². The highest BCUT2D eigenvalue weighted by Gasteiger charge is 2.50. The second-order valence-electron chi connectivity index (χ2n) is 8.17. The van der Waals surface area contributed by atoms with Crippen molar-refractivity contribution in [3.8, 4) is 0 Å². The van der Waals surface area contributed by atoms with E-state index in [1.54, 1.807) is 37.3 Å². The minimum absolute atomic E-state index is 0.0219. The molecule has 2 aliphatic rings. The first-order valence-electron chi connectivity index (χ1n) is 10.4. The summed E-state index contributed by atoms with van der Waals surface area (Å²) < 4.78 is 39.8. The van der Waals surface area contributed by atoms with Crippen molar-refractivity contribution in [1.29, 1.82) is 0 Å². The van der Waals surface area contributed by atoms with E-state index < -0.39 is 45.1 Å². The molecule has 174 valence electrons. The normalized spacial score (nSPS) is 22.3. The van der Waals surface area contributed by atoms with Crippen LogP contribution in [-0.4, -0.2) is 48.7 Å². The van der Waals surface area contributed by atoms with Gasteiger partial charge in [-0.1, -0.05) is 30.3 Å². The van der Waals surface area contributed by atoms with Crippen LogP contribution in [-0.2, 0) is 25.2 Å². The fourth-order valence-electron chi connectivity index (χ4n) is 4.02. The third kappa shape index (κ3) is 4.21. The van der Waals surface area contributed by atoms with Crippen LogP contribution in [0, 0.1) is 11.7 Å². The number of nitrogens with zero attached hydrogens (tertiary/aromatic N) is 2. The summed E-state index contributed by atoms with van der Waals surface area (Å²) in [4.78, 5) is 38.1. The quantitative estimate of drug-likeness (QED) is 0.641. The average molecular weight is 475 g/mol. The number of carbonyl (C=O) groups is 3. The maximum Gasteiger partial charge on any atom is 0.344 e. The smallest absolute Gasteiger partial charge is 0.318 e. The number of rotatable bonds is 5. The van der Waals surface area contributed by atoms with Gasteiger partial charge in [0, 0.05) is 19.0 Å². The van der Waals surface area contributed by atoms with Crippen molar-refractivity contribution < 1.29 is 27.2 Å². The van der Waals surface area contributed by atoms with Crippen LogP contribution in [0.3, 0.4) is 0 Å². The van der Waals surface area contributed by atoms with Gasteiger partial charge in [-0.3, -0.25) is 15.0 Å². The van der Waals surface area contributed by atoms with Gasteiger partial charge in [0.2, 0.25) is 15.9 Å². The molecule has 2 aliphatic heterocycles. The highest BCUT2D eigenvalue weighted by Crippen LogP contribution is 2.29. The minimum Gasteiger partial charge on any atom is -0.318 e. The molecule has 2 aromatic carbocycles. The second kappa shape index (κ2) is 8.56. The molecule has 2 saturated heterocycles. The maximum absolute atomic E-state index is 13.1. The first-order valence-corrected chi connectivity index (χ1v) is 11.9. The molecule has 1 unspecified atom stereocenters. The van der Waals surface area contributed by atoms with Crippen molar-refractivity contribution in [2.24, 2.45) is 5.92 Å². The molecule has 2 fully saturated rings. The lowest BCUT2D eigenvalue weighted by atomic mass is 9.92. The Morgan fingerprint density at radius 2 is 1.67 bits per heavy atom. The molecule has 2 aromatic rings. The number of amides is 4. The molecule has 0 bridgehead atoms. The summed E-state index contributed by atoms with van der Waals surface area (Å²) in [6.07, 6.45) is 0.428. The van der Waals surface area contributed by atoms with Crippen LogP contribution in [0.1, 0.15) is 25.3 Å². The monoisotopic (exact) mass is 474 g/mol. The molecule has 4 rings (SSSR count). The Balaban J connectivity index is 1.39. The molecular formula is C22H23FN4O5S. The second-order valence-corrected chi connectivity index (χ2v) is 10.1. The number of sulfonamides is 1. The standard InChI is InChI=1S/C22H23FN4O5S/c1-22(16-5-3-2-4-6-16)20(29)27(21(30)24-22)25-19(28)15-11-13-26(14-12-15)33(31,32)18-9-7-17(23)8-10-18/h2-10,15H,11-14H2,1H3,(H,24,30)(H,25,28). The van der Waals surface area contributed by atoms with Crippen molar-refractivity contribution in [1.82, 2.24) is 20.1 Å². The van der Waals surface area contributed by atoms with Gasteiger partial charge in [-0.15, -0.1) is 0 Å². The number of piperidine rings is 1. The number of imide groups is 1. The Bertz CT molecular complexity index is 1180. The van der Waals surface area contributed by atoms with Crippen molar-refractivity contribution >= 4 is 27.9 Å². The van der Waals surface area contributed by atoms with Gasteiger partial charge in [-0.05, 0) is 49.6 Å². The summed E-state index contributed by atoms with van der Waals surface area (Å²) in [6.45, 7) is 1.73. The molecule has 33 heavy (non-hydrogen) atoms. The van der Waals surface area contributed by atoms with Gasteiger partial charge in [0.05, 0.1) is 4.90 Å². The zero-order valence-electron chi connectivity index (χ0n) is 17.8. The Kier molecular flexibility index (Phi) is 5.93. The van der Waals surface area contributed by atoms with Crippen molar-refractivity contribution in [2.75, 3.05) is 13.1 Å². The van der Waals surface area contributed by atoms with E-state index in [4.69, 9.17) is 0 Å². The summed E-state index contributed by atoms with van der Waals surface area (Å²) in [5.41, 5.74) is 1.66. The van der Waals surface area contributed by atoms with E-state index in [0.29, 0.717) is 10.6 Å². The number of urea groups is 1. The van der Waals surface area contributed by atoms with Gasteiger partial charge in [0.15, 0.2) is 0 Å². The molecule has 2 N–H and O–H groups in total. The van der Waals surface area contributed by atoms with Crippen LogP contribution in [0.25, 0.3) is 0 Å². The van der Waals surface area contributed by atoms with Crippen LogP contribution >= 0.6 is 0 Å². The van der Waals surface area contributed by atoms with E-state index in [-0.39, 0.29) is 30.8 Å². The van der Waals surface area contributed by atoms with Crippen LogP contribution in [0.15, 0.2) is 59.5 Å². The summed E-state index contributed by atoms with van der Waals surface area (Å²) in [5, 5.41) is 3.29. The first-order chi connectivity index (χ1) is 15.6. The molecule has 9 nitrogen and oxygen atoms in total. The van der Waals surface area contributed by atoms with Gasteiger partial charge >= 0.3 is 6.03 Å². The largest absolute Gasteiger partial charge is 0.344 e.